The summed E-state index contributed by atoms with van der Waals surface area (Å²) in [4.78, 5) is 9.74. The normalized spacial score (nSPS) is 11.2. The molecule has 0 aliphatic heterocycles. The predicted molar refractivity (Wildman–Crippen MR) is 74.6 cm³/mol. The first kappa shape index (κ1) is 15.1. The maximum Gasteiger partial charge on any atom is 0.312 e. The first-order valence-corrected chi connectivity index (χ1v) is 7.34. The van der Waals surface area contributed by atoms with E-state index in [0.717, 1.165) is 29.8 Å². The van der Waals surface area contributed by atoms with E-state index in [1.54, 1.807) is 0 Å². The third kappa shape index (κ3) is 4.09. The van der Waals surface area contributed by atoms with Gasteiger partial charge in [0, 0.05) is 18.7 Å². The lowest BCUT2D eigenvalue weighted by Gasteiger charge is -2.06. The van der Waals surface area contributed by atoms with Gasteiger partial charge in [0.05, 0.1) is 9.82 Å². The summed E-state index contributed by atoms with van der Waals surface area (Å²) in [6.07, 6.45) is 0. The fraction of sp³-hybridized carbons (Fsp3) is 0.0769. The number of hydroxylamine groups is 1. The standard InChI is InChI=1S/C13H12N2O5S/c16-15(17)12-6-8-13(9-7-12)21(18,19)20-14-10-11-4-2-1-3-5-11/h1-9,14H,10H2. The molecule has 2 rings (SSSR count). The van der Waals surface area contributed by atoms with Crippen LogP contribution >= 0.6 is 0 Å². The zero-order valence-electron chi connectivity index (χ0n) is 10.8. The van der Waals surface area contributed by atoms with Crippen molar-refractivity contribution in [2.24, 2.45) is 0 Å². The van der Waals surface area contributed by atoms with E-state index in [4.69, 9.17) is 0 Å². The van der Waals surface area contributed by atoms with Crippen molar-refractivity contribution in [3.8, 4) is 0 Å². The van der Waals surface area contributed by atoms with Gasteiger partial charge in [-0.3, -0.25) is 10.1 Å². The van der Waals surface area contributed by atoms with Crippen molar-refractivity contribution < 1.29 is 17.6 Å². The molecule has 0 saturated heterocycles. The molecule has 2 aromatic carbocycles. The predicted octanol–water partition coefficient (Wildman–Crippen LogP) is 2.00. The van der Waals surface area contributed by atoms with Crippen molar-refractivity contribution in [3.63, 3.8) is 0 Å². The smallest absolute Gasteiger partial charge is 0.258 e. The maximum absolute atomic E-state index is 11.8. The summed E-state index contributed by atoms with van der Waals surface area (Å²) in [5.74, 6) is 0. The quantitative estimate of drug-likeness (QED) is 0.647. The highest BCUT2D eigenvalue weighted by atomic mass is 32.2. The molecule has 0 atom stereocenters. The van der Waals surface area contributed by atoms with Crippen molar-refractivity contribution in [2.75, 3.05) is 0 Å². The van der Waals surface area contributed by atoms with Crippen LogP contribution in [0.5, 0.6) is 0 Å². The fourth-order valence-electron chi connectivity index (χ4n) is 1.57. The second-order valence-electron chi connectivity index (χ2n) is 4.10. The molecule has 0 saturated carbocycles. The largest absolute Gasteiger partial charge is 0.312 e. The van der Waals surface area contributed by atoms with Gasteiger partial charge in [-0.1, -0.05) is 30.3 Å². The van der Waals surface area contributed by atoms with Gasteiger partial charge < -0.3 is 0 Å². The molecule has 0 amide bonds. The van der Waals surface area contributed by atoms with Gasteiger partial charge in [-0.2, -0.15) is 18.2 Å². The molecule has 0 heterocycles. The van der Waals surface area contributed by atoms with Gasteiger partial charge in [-0.15, -0.1) is 0 Å². The third-order valence-electron chi connectivity index (χ3n) is 2.62. The van der Waals surface area contributed by atoms with E-state index in [0.29, 0.717) is 0 Å². The number of hydrogen-bond donors (Lipinski definition) is 1. The number of non-ortho nitro benzene ring substituents is 1. The number of hydrogen-bond acceptors (Lipinski definition) is 6. The molecule has 2 aromatic rings. The van der Waals surface area contributed by atoms with Crippen molar-refractivity contribution >= 4 is 15.8 Å². The molecular weight excluding hydrogens is 296 g/mol. The van der Waals surface area contributed by atoms with Crippen LogP contribution in [0.25, 0.3) is 0 Å². The summed E-state index contributed by atoms with van der Waals surface area (Å²) in [6, 6.07) is 13.6. The van der Waals surface area contributed by atoms with E-state index in [9.17, 15) is 18.5 Å². The Labute approximate surface area is 121 Å². The molecule has 0 aliphatic carbocycles. The first-order chi connectivity index (χ1) is 9.99. The molecular formula is C13H12N2O5S. The van der Waals surface area contributed by atoms with Gasteiger partial charge in [0.25, 0.3) is 5.69 Å². The van der Waals surface area contributed by atoms with Crippen LogP contribution in [0.4, 0.5) is 5.69 Å². The maximum atomic E-state index is 11.8. The molecule has 0 spiro atoms. The monoisotopic (exact) mass is 308 g/mol. The number of nitrogens with one attached hydrogen (secondary N) is 1. The Bertz CT molecular complexity index is 714. The van der Waals surface area contributed by atoms with Gasteiger partial charge >= 0.3 is 10.1 Å². The SMILES string of the molecule is O=[N+]([O-])c1ccc(S(=O)(=O)ONCc2ccccc2)cc1. The lowest BCUT2D eigenvalue weighted by Crippen LogP contribution is -2.20. The Balaban J connectivity index is 2.00. The van der Waals surface area contributed by atoms with Crippen LogP contribution in [0, 0.1) is 10.1 Å². The minimum absolute atomic E-state index is 0.159. The summed E-state index contributed by atoms with van der Waals surface area (Å²) in [5.41, 5.74) is 3.03. The Hall–Kier alpha value is -2.29. The number of nitro benzene ring substituents is 1. The fourth-order valence-corrected chi connectivity index (χ4v) is 2.35. The van der Waals surface area contributed by atoms with Gasteiger partial charge in [0.2, 0.25) is 0 Å². The zero-order valence-corrected chi connectivity index (χ0v) is 11.6. The molecule has 110 valence electrons. The second kappa shape index (κ2) is 6.44. The number of nitro groups is 1. The van der Waals surface area contributed by atoms with E-state index < -0.39 is 15.0 Å². The van der Waals surface area contributed by atoms with Crippen LogP contribution in [-0.2, 0) is 20.9 Å². The van der Waals surface area contributed by atoms with Crippen molar-refractivity contribution in [3.05, 3.63) is 70.3 Å². The van der Waals surface area contributed by atoms with Crippen LogP contribution in [-0.4, -0.2) is 13.3 Å². The van der Waals surface area contributed by atoms with Gasteiger partial charge in [-0.05, 0) is 17.7 Å². The highest BCUT2D eigenvalue weighted by Gasteiger charge is 2.17. The Kier molecular flexibility index (Phi) is 4.63. The Morgan fingerprint density at radius 2 is 1.67 bits per heavy atom. The average Bonchev–Trinajstić information content (AvgIpc) is 2.48. The molecule has 0 radical (unpaired) electrons. The molecule has 0 unspecified atom stereocenters. The second-order valence-corrected chi connectivity index (χ2v) is 5.64. The van der Waals surface area contributed by atoms with Crippen molar-refractivity contribution in [2.45, 2.75) is 11.4 Å². The molecule has 0 aliphatic rings. The lowest BCUT2D eigenvalue weighted by molar-refractivity contribution is -0.384. The minimum Gasteiger partial charge on any atom is -0.258 e. The summed E-state index contributed by atoms with van der Waals surface area (Å²) in [7, 11) is -4.01. The average molecular weight is 308 g/mol. The highest BCUT2D eigenvalue weighted by Crippen LogP contribution is 2.17. The van der Waals surface area contributed by atoms with Crippen LogP contribution in [0.15, 0.2) is 59.5 Å². The lowest BCUT2D eigenvalue weighted by atomic mass is 10.2. The van der Waals surface area contributed by atoms with E-state index in [-0.39, 0.29) is 17.1 Å². The van der Waals surface area contributed by atoms with E-state index in [2.05, 4.69) is 9.76 Å². The molecule has 7 nitrogen and oxygen atoms in total. The highest BCUT2D eigenvalue weighted by molar-refractivity contribution is 7.86. The van der Waals surface area contributed by atoms with Crippen LogP contribution in [0.1, 0.15) is 5.56 Å². The Morgan fingerprint density at radius 3 is 2.24 bits per heavy atom. The van der Waals surface area contributed by atoms with E-state index in [1.165, 1.54) is 0 Å². The van der Waals surface area contributed by atoms with Gasteiger partial charge in [-0.25, -0.2) is 0 Å². The molecule has 21 heavy (non-hydrogen) atoms. The molecule has 1 N–H and O–H groups in total. The number of benzene rings is 2. The summed E-state index contributed by atoms with van der Waals surface area (Å²) in [5, 5.41) is 10.5. The summed E-state index contributed by atoms with van der Waals surface area (Å²) < 4.78 is 28.4. The third-order valence-corrected chi connectivity index (χ3v) is 3.81. The van der Waals surface area contributed by atoms with E-state index >= 15 is 0 Å². The van der Waals surface area contributed by atoms with Crippen LogP contribution in [0.2, 0.25) is 0 Å². The van der Waals surface area contributed by atoms with Gasteiger partial charge in [0.15, 0.2) is 0 Å². The summed E-state index contributed by atoms with van der Waals surface area (Å²) in [6.45, 7) is 0.215. The Morgan fingerprint density at radius 1 is 1.05 bits per heavy atom. The zero-order chi connectivity index (χ0) is 15.3. The van der Waals surface area contributed by atoms with Crippen molar-refractivity contribution in [1.82, 2.24) is 5.48 Å². The van der Waals surface area contributed by atoms with E-state index in [1.807, 2.05) is 30.3 Å². The number of nitrogens with zero attached hydrogens (tertiary/aromatic N) is 1. The van der Waals surface area contributed by atoms with Crippen LogP contribution < -0.4 is 5.48 Å². The van der Waals surface area contributed by atoms with Crippen LogP contribution in [0.3, 0.4) is 0 Å². The molecule has 0 aromatic heterocycles. The van der Waals surface area contributed by atoms with Gasteiger partial charge in [0.1, 0.15) is 0 Å². The molecule has 0 bridgehead atoms. The number of rotatable bonds is 6. The molecule has 8 heteroatoms. The summed E-state index contributed by atoms with van der Waals surface area (Å²) >= 11 is 0. The van der Waals surface area contributed by atoms with Crippen molar-refractivity contribution in [1.29, 1.82) is 0 Å². The topological polar surface area (TPSA) is 98.5 Å². The first-order valence-electron chi connectivity index (χ1n) is 5.94. The minimum atomic E-state index is -4.01. The molecule has 0 fully saturated rings.